The zero-order chi connectivity index (χ0) is 11.6. The predicted octanol–water partition coefficient (Wildman–Crippen LogP) is 2.45. The van der Waals surface area contributed by atoms with Gasteiger partial charge in [0.05, 0.1) is 12.1 Å². The molecule has 0 saturated carbocycles. The van der Waals surface area contributed by atoms with Crippen LogP contribution < -0.4 is 5.73 Å². The number of halogens is 4. The average molecular weight is 329 g/mol. The van der Waals surface area contributed by atoms with E-state index in [-0.39, 0.29) is 21.5 Å². The standard InChI is InChI=1S/C9H7F3INO/c10-9(11,12)6-2-1-5(3-7(6)13)8(15)4-14/h1-3H,4,14H2. The molecule has 0 aliphatic carbocycles. The van der Waals surface area contributed by atoms with Gasteiger partial charge < -0.3 is 5.73 Å². The number of hydrogen-bond acceptors (Lipinski definition) is 2. The van der Waals surface area contributed by atoms with Crippen molar-refractivity contribution in [1.29, 1.82) is 0 Å². The van der Waals surface area contributed by atoms with Crippen molar-refractivity contribution in [3.05, 3.63) is 32.9 Å². The molecule has 2 nitrogen and oxygen atoms in total. The summed E-state index contributed by atoms with van der Waals surface area (Å²) in [6.45, 7) is -0.207. The summed E-state index contributed by atoms with van der Waals surface area (Å²) in [5, 5.41) is 0. The van der Waals surface area contributed by atoms with Gasteiger partial charge in [-0.15, -0.1) is 0 Å². The highest BCUT2D eigenvalue weighted by Crippen LogP contribution is 2.33. The number of hydrogen-bond donors (Lipinski definition) is 1. The maximum atomic E-state index is 12.3. The van der Waals surface area contributed by atoms with Crippen LogP contribution in [0.25, 0.3) is 0 Å². The molecular weight excluding hydrogens is 322 g/mol. The zero-order valence-corrected chi connectivity index (χ0v) is 9.59. The summed E-state index contributed by atoms with van der Waals surface area (Å²) >= 11 is 1.55. The summed E-state index contributed by atoms with van der Waals surface area (Å²) in [5.41, 5.74) is 4.57. The summed E-state index contributed by atoms with van der Waals surface area (Å²) in [6.07, 6.45) is -4.39. The van der Waals surface area contributed by atoms with Crippen LogP contribution in [0.5, 0.6) is 0 Å². The van der Waals surface area contributed by atoms with Crippen molar-refractivity contribution in [2.45, 2.75) is 6.18 Å². The van der Waals surface area contributed by atoms with Gasteiger partial charge in [-0.25, -0.2) is 0 Å². The first-order valence-corrected chi connectivity index (χ1v) is 5.04. The van der Waals surface area contributed by atoms with E-state index >= 15 is 0 Å². The Kier molecular flexibility index (Phi) is 3.72. The fourth-order valence-electron chi connectivity index (χ4n) is 1.04. The molecule has 0 spiro atoms. The van der Waals surface area contributed by atoms with Crippen LogP contribution >= 0.6 is 22.6 Å². The van der Waals surface area contributed by atoms with Crippen molar-refractivity contribution in [3.8, 4) is 0 Å². The second-order valence-corrected chi connectivity index (χ2v) is 3.98. The summed E-state index contributed by atoms with van der Waals surface area (Å²) in [4.78, 5) is 11.1. The molecule has 82 valence electrons. The van der Waals surface area contributed by atoms with Crippen LogP contribution in [0.3, 0.4) is 0 Å². The van der Waals surface area contributed by atoms with Crippen molar-refractivity contribution in [2.75, 3.05) is 6.54 Å². The number of Topliss-reactive ketones (excluding diaryl/α,β-unsaturated/α-hetero) is 1. The molecular formula is C9H7F3INO. The van der Waals surface area contributed by atoms with E-state index in [0.717, 1.165) is 12.1 Å². The Hall–Kier alpha value is -0.630. The first kappa shape index (κ1) is 12.4. The van der Waals surface area contributed by atoms with Crippen molar-refractivity contribution in [3.63, 3.8) is 0 Å². The van der Waals surface area contributed by atoms with E-state index in [4.69, 9.17) is 5.73 Å². The monoisotopic (exact) mass is 329 g/mol. The van der Waals surface area contributed by atoms with Crippen LogP contribution in [0.1, 0.15) is 15.9 Å². The summed E-state index contributed by atoms with van der Waals surface area (Å²) in [7, 11) is 0. The number of benzene rings is 1. The number of carbonyl (C=O) groups is 1. The molecule has 6 heteroatoms. The second kappa shape index (κ2) is 4.48. The van der Waals surface area contributed by atoms with Gasteiger partial charge in [0.1, 0.15) is 0 Å². The van der Waals surface area contributed by atoms with E-state index in [0.29, 0.717) is 0 Å². The van der Waals surface area contributed by atoms with Crippen LogP contribution in [0.2, 0.25) is 0 Å². The first-order chi connectivity index (χ1) is 6.86. The van der Waals surface area contributed by atoms with E-state index in [9.17, 15) is 18.0 Å². The molecule has 1 rings (SSSR count). The molecule has 0 bridgehead atoms. The van der Waals surface area contributed by atoms with Gasteiger partial charge in [0.25, 0.3) is 0 Å². The lowest BCUT2D eigenvalue weighted by Gasteiger charge is -2.09. The Balaban J connectivity index is 3.15. The molecule has 0 atom stereocenters. The lowest BCUT2D eigenvalue weighted by atomic mass is 10.1. The minimum Gasteiger partial charge on any atom is -0.324 e. The first-order valence-electron chi connectivity index (χ1n) is 3.96. The van der Waals surface area contributed by atoms with Crippen LogP contribution in [0, 0.1) is 3.57 Å². The van der Waals surface area contributed by atoms with Crippen LogP contribution in [0.4, 0.5) is 13.2 Å². The van der Waals surface area contributed by atoms with Gasteiger partial charge in [-0.2, -0.15) is 13.2 Å². The van der Waals surface area contributed by atoms with Crippen molar-refractivity contribution in [1.82, 2.24) is 0 Å². The molecule has 15 heavy (non-hydrogen) atoms. The predicted molar refractivity (Wildman–Crippen MR) is 57.5 cm³/mol. The minimum absolute atomic E-state index is 0.000556. The van der Waals surface area contributed by atoms with E-state index in [2.05, 4.69) is 0 Å². The average Bonchev–Trinajstić information content (AvgIpc) is 2.14. The maximum absolute atomic E-state index is 12.3. The van der Waals surface area contributed by atoms with Gasteiger partial charge in [0, 0.05) is 9.13 Å². The van der Waals surface area contributed by atoms with Gasteiger partial charge >= 0.3 is 6.18 Å². The van der Waals surface area contributed by atoms with Gasteiger partial charge in [-0.05, 0) is 34.7 Å². The molecule has 0 aliphatic rings. The lowest BCUT2D eigenvalue weighted by molar-refractivity contribution is -0.138. The van der Waals surface area contributed by atoms with Crippen molar-refractivity contribution < 1.29 is 18.0 Å². The van der Waals surface area contributed by atoms with Crippen LogP contribution in [-0.4, -0.2) is 12.3 Å². The molecule has 1 aromatic rings. The van der Waals surface area contributed by atoms with Gasteiger partial charge in [0.15, 0.2) is 5.78 Å². The van der Waals surface area contributed by atoms with Gasteiger partial charge in [-0.1, -0.05) is 6.07 Å². The molecule has 0 amide bonds. The molecule has 0 radical (unpaired) electrons. The van der Waals surface area contributed by atoms with Crippen LogP contribution in [0.15, 0.2) is 18.2 Å². The largest absolute Gasteiger partial charge is 0.417 e. The third kappa shape index (κ3) is 2.91. The Morgan fingerprint density at radius 3 is 2.40 bits per heavy atom. The van der Waals surface area contributed by atoms with E-state index in [1.165, 1.54) is 6.07 Å². The quantitative estimate of drug-likeness (QED) is 0.669. The molecule has 0 unspecified atom stereocenters. The summed E-state index contributed by atoms with van der Waals surface area (Å²) in [6, 6.07) is 3.23. The molecule has 0 aromatic heterocycles. The highest BCUT2D eigenvalue weighted by Gasteiger charge is 2.32. The Bertz CT molecular complexity index is 389. The zero-order valence-electron chi connectivity index (χ0n) is 7.44. The van der Waals surface area contributed by atoms with E-state index in [1.54, 1.807) is 22.6 Å². The van der Waals surface area contributed by atoms with E-state index in [1.807, 2.05) is 0 Å². The Labute approximate surface area is 97.8 Å². The summed E-state index contributed by atoms with van der Waals surface area (Å²) < 4.78 is 37.0. The Morgan fingerprint density at radius 1 is 1.40 bits per heavy atom. The lowest BCUT2D eigenvalue weighted by Crippen LogP contribution is -2.15. The van der Waals surface area contributed by atoms with Crippen molar-refractivity contribution in [2.24, 2.45) is 5.73 Å². The molecule has 0 aliphatic heterocycles. The highest BCUT2D eigenvalue weighted by atomic mass is 127. The van der Waals surface area contributed by atoms with Crippen molar-refractivity contribution >= 4 is 28.4 Å². The molecule has 1 aromatic carbocycles. The van der Waals surface area contributed by atoms with Gasteiger partial charge in [0.2, 0.25) is 0 Å². The number of carbonyl (C=O) groups excluding carboxylic acids is 1. The molecule has 0 heterocycles. The normalized spacial score (nSPS) is 11.5. The van der Waals surface area contributed by atoms with E-state index < -0.39 is 11.7 Å². The third-order valence-corrected chi connectivity index (χ3v) is 2.67. The second-order valence-electron chi connectivity index (χ2n) is 2.82. The number of nitrogens with two attached hydrogens (primary N) is 1. The third-order valence-electron chi connectivity index (χ3n) is 1.78. The molecule has 0 saturated heterocycles. The minimum atomic E-state index is -4.39. The highest BCUT2D eigenvalue weighted by molar-refractivity contribution is 14.1. The molecule has 0 fully saturated rings. The fraction of sp³-hybridized carbons (Fsp3) is 0.222. The number of alkyl halides is 3. The number of rotatable bonds is 2. The molecule has 2 N–H and O–H groups in total. The SMILES string of the molecule is NCC(=O)c1ccc(C(F)(F)F)c(I)c1. The Morgan fingerprint density at radius 2 is 2.00 bits per heavy atom. The van der Waals surface area contributed by atoms with Crippen LogP contribution in [-0.2, 0) is 6.18 Å². The summed E-state index contributed by atoms with van der Waals surface area (Å²) in [5.74, 6) is -0.373. The van der Waals surface area contributed by atoms with Gasteiger partial charge in [-0.3, -0.25) is 4.79 Å². The smallest absolute Gasteiger partial charge is 0.324 e. The maximum Gasteiger partial charge on any atom is 0.417 e. The topological polar surface area (TPSA) is 43.1 Å². The fourth-order valence-corrected chi connectivity index (χ4v) is 1.86. The number of ketones is 1.